The van der Waals surface area contributed by atoms with Crippen LogP contribution >= 0.6 is 0 Å². The predicted molar refractivity (Wildman–Crippen MR) is 141 cm³/mol. The standard InChI is InChI=1S/C29H33FN4O3/c1-4-22-13-23(8-9-24(22)16-34-11-5-6-25(17-34)29(35)36)20(3)33-37-18-21-7-10-26(19(2)12-21)27-14-32-28(30)15-31-27/h7-10,12-15,25H,4-6,11,16-18H2,1-3H3,(H,35,36)/b33-20+. The zero-order chi connectivity index (χ0) is 26.4. The lowest BCUT2D eigenvalue weighted by atomic mass is 9.96. The van der Waals surface area contributed by atoms with Crippen LogP contribution in [0.25, 0.3) is 11.3 Å². The van der Waals surface area contributed by atoms with Crippen molar-refractivity contribution >= 4 is 11.7 Å². The fraction of sp³-hybridized carbons (Fsp3) is 0.379. The van der Waals surface area contributed by atoms with Gasteiger partial charge in [-0.15, -0.1) is 0 Å². The molecule has 4 rings (SSSR count). The molecule has 1 aliphatic heterocycles. The predicted octanol–water partition coefficient (Wildman–Crippen LogP) is 5.39. The Balaban J connectivity index is 1.38. The van der Waals surface area contributed by atoms with Crippen molar-refractivity contribution in [3.63, 3.8) is 0 Å². The van der Waals surface area contributed by atoms with Crippen LogP contribution in [0.3, 0.4) is 0 Å². The van der Waals surface area contributed by atoms with E-state index in [-0.39, 0.29) is 5.92 Å². The lowest BCUT2D eigenvalue weighted by Crippen LogP contribution is -2.38. The zero-order valence-corrected chi connectivity index (χ0v) is 21.6. The van der Waals surface area contributed by atoms with Crippen molar-refractivity contribution in [3.8, 4) is 11.3 Å². The highest BCUT2D eigenvalue weighted by Gasteiger charge is 2.25. The van der Waals surface area contributed by atoms with Crippen molar-refractivity contribution in [1.82, 2.24) is 14.9 Å². The second-order valence-electron chi connectivity index (χ2n) is 9.57. The molecular weight excluding hydrogens is 471 g/mol. The topological polar surface area (TPSA) is 87.9 Å². The smallest absolute Gasteiger partial charge is 0.307 e. The summed E-state index contributed by atoms with van der Waals surface area (Å²) in [7, 11) is 0. The minimum absolute atomic E-state index is 0.277. The van der Waals surface area contributed by atoms with Gasteiger partial charge < -0.3 is 9.94 Å². The van der Waals surface area contributed by atoms with Crippen LogP contribution in [0.5, 0.6) is 0 Å². The number of hydrogen-bond donors (Lipinski definition) is 1. The van der Waals surface area contributed by atoms with Crippen molar-refractivity contribution < 1.29 is 19.1 Å². The zero-order valence-electron chi connectivity index (χ0n) is 21.6. The third kappa shape index (κ3) is 6.77. The van der Waals surface area contributed by atoms with E-state index in [9.17, 15) is 14.3 Å². The number of carboxylic acid groups (broad SMARTS) is 1. The lowest BCUT2D eigenvalue weighted by Gasteiger charge is -2.31. The quantitative estimate of drug-likeness (QED) is 0.311. The van der Waals surface area contributed by atoms with E-state index in [0.717, 1.165) is 66.5 Å². The SMILES string of the molecule is CCc1cc(/C(C)=N/OCc2ccc(-c3cnc(F)cn3)c(C)c2)ccc1CN1CCCC(C(=O)O)C1. The van der Waals surface area contributed by atoms with Gasteiger partial charge in [0.05, 0.1) is 29.7 Å². The number of likely N-dealkylation sites (tertiary alicyclic amines) is 1. The van der Waals surface area contributed by atoms with Gasteiger partial charge in [-0.1, -0.05) is 42.4 Å². The molecule has 194 valence electrons. The van der Waals surface area contributed by atoms with E-state index in [4.69, 9.17) is 4.84 Å². The third-order valence-corrected chi connectivity index (χ3v) is 6.87. The Morgan fingerprint density at radius 3 is 2.73 bits per heavy atom. The maximum atomic E-state index is 13.1. The summed E-state index contributed by atoms with van der Waals surface area (Å²) in [6, 6.07) is 12.2. The van der Waals surface area contributed by atoms with Crippen molar-refractivity contribution in [2.24, 2.45) is 11.1 Å². The number of benzene rings is 2. The van der Waals surface area contributed by atoms with Crippen molar-refractivity contribution in [2.75, 3.05) is 13.1 Å². The second kappa shape index (κ2) is 12.1. The number of carbonyl (C=O) groups is 1. The number of nitrogens with zero attached hydrogens (tertiary/aromatic N) is 4. The van der Waals surface area contributed by atoms with Crippen molar-refractivity contribution in [1.29, 1.82) is 0 Å². The summed E-state index contributed by atoms with van der Waals surface area (Å²) in [5.74, 6) is -1.58. The molecular formula is C29H33FN4O3. The Morgan fingerprint density at radius 2 is 2.03 bits per heavy atom. The maximum Gasteiger partial charge on any atom is 0.307 e. The summed E-state index contributed by atoms with van der Waals surface area (Å²) < 4.78 is 13.1. The summed E-state index contributed by atoms with van der Waals surface area (Å²) >= 11 is 0. The molecule has 8 heteroatoms. The van der Waals surface area contributed by atoms with Crippen LogP contribution in [0, 0.1) is 18.8 Å². The molecule has 1 fully saturated rings. The largest absolute Gasteiger partial charge is 0.481 e. The molecule has 0 aliphatic carbocycles. The molecule has 37 heavy (non-hydrogen) atoms. The van der Waals surface area contributed by atoms with Crippen LogP contribution in [-0.4, -0.2) is 44.7 Å². The highest BCUT2D eigenvalue weighted by Crippen LogP contribution is 2.23. The van der Waals surface area contributed by atoms with Crippen LogP contribution in [0.15, 0.2) is 53.9 Å². The van der Waals surface area contributed by atoms with E-state index in [0.29, 0.717) is 18.8 Å². The van der Waals surface area contributed by atoms with Gasteiger partial charge >= 0.3 is 5.97 Å². The number of carboxylic acids is 1. The normalized spacial score (nSPS) is 16.5. The van der Waals surface area contributed by atoms with Gasteiger partial charge in [0.15, 0.2) is 0 Å². The molecule has 1 unspecified atom stereocenters. The molecule has 0 spiro atoms. The van der Waals surface area contributed by atoms with Gasteiger partial charge in [0, 0.05) is 18.7 Å². The summed E-state index contributed by atoms with van der Waals surface area (Å²) in [6.45, 7) is 8.65. The first-order valence-electron chi connectivity index (χ1n) is 12.7. The van der Waals surface area contributed by atoms with Crippen molar-refractivity contribution in [3.05, 3.63) is 82.6 Å². The Labute approximate surface area is 217 Å². The van der Waals surface area contributed by atoms with Crippen LogP contribution in [0.2, 0.25) is 0 Å². The van der Waals surface area contributed by atoms with E-state index < -0.39 is 11.9 Å². The summed E-state index contributed by atoms with van der Waals surface area (Å²) in [5.41, 5.74) is 7.74. The van der Waals surface area contributed by atoms with Gasteiger partial charge in [0.1, 0.15) is 6.61 Å². The Bertz CT molecular complexity index is 1280. The molecule has 2 aromatic carbocycles. The Hall–Kier alpha value is -3.65. The molecule has 0 amide bonds. The van der Waals surface area contributed by atoms with E-state index in [1.54, 1.807) is 0 Å². The second-order valence-corrected chi connectivity index (χ2v) is 9.57. The average Bonchev–Trinajstić information content (AvgIpc) is 2.89. The maximum absolute atomic E-state index is 13.1. The number of aromatic nitrogens is 2. The fourth-order valence-electron chi connectivity index (χ4n) is 4.79. The van der Waals surface area contributed by atoms with Crippen LogP contribution in [0.4, 0.5) is 4.39 Å². The number of aryl methyl sites for hydroxylation is 2. The summed E-state index contributed by atoms with van der Waals surface area (Å²) in [6.07, 6.45) is 5.10. The highest BCUT2D eigenvalue weighted by atomic mass is 19.1. The number of aliphatic carboxylic acids is 1. The molecule has 0 radical (unpaired) electrons. The fourth-order valence-corrected chi connectivity index (χ4v) is 4.79. The minimum Gasteiger partial charge on any atom is -0.481 e. The van der Waals surface area contributed by atoms with Crippen molar-refractivity contribution in [2.45, 2.75) is 53.2 Å². The first-order valence-corrected chi connectivity index (χ1v) is 12.7. The van der Waals surface area contributed by atoms with Crippen LogP contribution < -0.4 is 0 Å². The number of piperidine rings is 1. The molecule has 2 heterocycles. The van der Waals surface area contributed by atoms with Gasteiger partial charge in [0.25, 0.3) is 0 Å². The van der Waals surface area contributed by atoms with Gasteiger partial charge in [0.2, 0.25) is 5.95 Å². The average molecular weight is 505 g/mol. The number of halogens is 1. The van der Waals surface area contributed by atoms with E-state index in [1.807, 2.05) is 32.0 Å². The molecule has 0 saturated carbocycles. The highest BCUT2D eigenvalue weighted by molar-refractivity contribution is 5.98. The first-order chi connectivity index (χ1) is 17.8. The monoisotopic (exact) mass is 504 g/mol. The molecule has 1 saturated heterocycles. The molecule has 1 aromatic heterocycles. The van der Waals surface area contributed by atoms with Crippen LogP contribution in [0.1, 0.15) is 54.5 Å². The van der Waals surface area contributed by atoms with Gasteiger partial charge in [-0.3, -0.25) is 9.69 Å². The lowest BCUT2D eigenvalue weighted by molar-refractivity contribution is -0.143. The minimum atomic E-state index is -0.698. The first kappa shape index (κ1) is 26.4. The third-order valence-electron chi connectivity index (χ3n) is 6.87. The summed E-state index contributed by atoms with van der Waals surface area (Å²) in [5, 5.41) is 13.7. The van der Waals surface area contributed by atoms with E-state index >= 15 is 0 Å². The molecule has 7 nitrogen and oxygen atoms in total. The molecule has 1 aliphatic rings. The van der Waals surface area contributed by atoms with E-state index in [2.05, 4.69) is 45.1 Å². The number of oxime groups is 1. The van der Waals surface area contributed by atoms with Gasteiger partial charge in [-0.25, -0.2) is 9.97 Å². The number of hydrogen-bond acceptors (Lipinski definition) is 6. The van der Waals surface area contributed by atoms with Gasteiger partial charge in [-0.2, -0.15) is 4.39 Å². The molecule has 1 N–H and O–H groups in total. The Morgan fingerprint density at radius 1 is 1.19 bits per heavy atom. The summed E-state index contributed by atoms with van der Waals surface area (Å²) in [4.78, 5) is 27.1. The van der Waals surface area contributed by atoms with E-state index in [1.165, 1.54) is 17.3 Å². The molecule has 1 atom stereocenters. The molecule has 3 aromatic rings. The Kier molecular flexibility index (Phi) is 8.61. The van der Waals surface area contributed by atoms with Gasteiger partial charge in [-0.05, 0) is 73.5 Å². The van der Waals surface area contributed by atoms with Crippen LogP contribution in [-0.2, 0) is 29.2 Å². The number of rotatable bonds is 9. The molecule has 0 bridgehead atoms.